The monoisotopic (exact) mass is 450 g/mol. The molecule has 1 aliphatic rings. The molecule has 2 aromatic carbocycles. The number of nitrogens with zero attached hydrogens (tertiary/aromatic N) is 1. The van der Waals surface area contributed by atoms with Crippen molar-refractivity contribution in [3.63, 3.8) is 0 Å². The smallest absolute Gasteiger partial charge is 0.251 e. The minimum atomic E-state index is -3.33. The van der Waals surface area contributed by atoms with Crippen LogP contribution in [0.15, 0.2) is 53.4 Å². The molecule has 1 N–H and O–H groups in total. The number of sulfone groups is 1. The van der Waals surface area contributed by atoms with E-state index in [1.165, 1.54) is 16.4 Å². The van der Waals surface area contributed by atoms with Crippen molar-refractivity contribution >= 4 is 25.8 Å². The lowest BCUT2D eigenvalue weighted by Crippen LogP contribution is -2.29. The molecule has 2 aromatic rings. The van der Waals surface area contributed by atoms with Crippen LogP contribution in [0.5, 0.6) is 0 Å². The van der Waals surface area contributed by atoms with E-state index in [1.54, 1.807) is 36.4 Å². The molecular formula is C21H26N2O5S2. The minimum Gasteiger partial charge on any atom is -0.346 e. The fourth-order valence-electron chi connectivity index (χ4n) is 3.39. The molecule has 0 spiro atoms. The van der Waals surface area contributed by atoms with Crippen molar-refractivity contribution in [2.75, 3.05) is 19.3 Å². The first-order valence-corrected chi connectivity index (χ1v) is 13.2. The van der Waals surface area contributed by atoms with Crippen molar-refractivity contribution < 1.29 is 21.6 Å². The zero-order chi connectivity index (χ0) is 21.9. The van der Waals surface area contributed by atoms with E-state index in [9.17, 15) is 21.6 Å². The molecule has 162 valence electrons. The molecule has 1 aliphatic heterocycles. The highest BCUT2D eigenvalue weighted by atomic mass is 32.2. The number of rotatable bonds is 7. The maximum atomic E-state index is 12.5. The van der Waals surface area contributed by atoms with E-state index in [-0.39, 0.29) is 22.6 Å². The third-order valence-electron chi connectivity index (χ3n) is 5.18. The number of nitrogens with one attached hydrogen (secondary N) is 1. The molecule has 1 amide bonds. The van der Waals surface area contributed by atoms with Gasteiger partial charge < -0.3 is 5.32 Å². The maximum absolute atomic E-state index is 12.5. The van der Waals surface area contributed by atoms with Gasteiger partial charge >= 0.3 is 0 Å². The maximum Gasteiger partial charge on any atom is 0.251 e. The van der Waals surface area contributed by atoms with Crippen molar-refractivity contribution in [3.05, 3.63) is 65.2 Å². The van der Waals surface area contributed by atoms with Crippen LogP contribution in [0.3, 0.4) is 0 Å². The molecule has 0 aromatic heterocycles. The topological polar surface area (TPSA) is 101 Å². The SMILES string of the molecule is C[C@@H](NC(=O)c1ccc(CS(=O)(=O)N2CCCC2)cc1)c1ccc(S(C)(=O)=O)cc1. The molecule has 3 rings (SSSR count). The van der Waals surface area contributed by atoms with Crippen molar-refractivity contribution in [2.24, 2.45) is 0 Å². The van der Waals surface area contributed by atoms with Crippen LogP contribution in [0.1, 0.15) is 47.3 Å². The van der Waals surface area contributed by atoms with Gasteiger partial charge in [-0.15, -0.1) is 0 Å². The summed E-state index contributed by atoms with van der Waals surface area (Å²) >= 11 is 0. The Hall–Kier alpha value is -2.23. The minimum absolute atomic E-state index is 0.0714. The van der Waals surface area contributed by atoms with Gasteiger partial charge in [-0.05, 0) is 55.2 Å². The Morgan fingerprint density at radius 1 is 0.967 bits per heavy atom. The predicted octanol–water partition coefficient (Wildman–Crippen LogP) is 2.51. The molecule has 1 heterocycles. The summed E-state index contributed by atoms with van der Waals surface area (Å²) in [5, 5.41) is 2.87. The fourth-order valence-corrected chi connectivity index (χ4v) is 5.63. The van der Waals surface area contributed by atoms with E-state index < -0.39 is 19.9 Å². The third-order valence-corrected chi connectivity index (χ3v) is 8.16. The average molecular weight is 451 g/mol. The number of benzene rings is 2. The van der Waals surface area contributed by atoms with Crippen molar-refractivity contribution in [2.45, 2.75) is 36.5 Å². The van der Waals surface area contributed by atoms with E-state index in [0.29, 0.717) is 24.2 Å². The second kappa shape index (κ2) is 8.87. The number of carbonyl (C=O) groups is 1. The molecule has 1 fully saturated rings. The Bertz CT molecular complexity index is 1100. The standard InChI is InChI=1S/C21H26N2O5S2/c1-16(18-9-11-20(12-10-18)29(2,25)26)22-21(24)19-7-5-17(6-8-19)15-30(27,28)23-13-3-4-14-23/h5-12,16H,3-4,13-15H2,1-2H3,(H,22,24)/t16-/m1/s1. The summed E-state index contributed by atoms with van der Waals surface area (Å²) in [4.78, 5) is 12.8. The zero-order valence-electron chi connectivity index (χ0n) is 17.0. The van der Waals surface area contributed by atoms with Gasteiger partial charge in [-0.3, -0.25) is 4.79 Å². The van der Waals surface area contributed by atoms with Gasteiger partial charge in [0.15, 0.2) is 9.84 Å². The summed E-state index contributed by atoms with van der Waals surface area (Å²) in [6.45, 7) is 2.96. The summed E-state index contributed by atoms with van der Waals surface area (Å²) in [6.07, 6.45) is 2.94. The number of sulfonamides is 1. The normalized spacial score (nSPS) is 16.3. The van der Waals surface area contributed by atoms with Crippen molar-refractivity contribution in [1.29, 1.82) is 0 Å². The van der Waals surface area contributed by atoms with Gasteiger partial charge in [0, 0.05) is 24.9 Å². The molecule has 1 saturated heterocycles. The van der Waals surface area contributed by atoms with Gasteiger partial charge in [0.25, 0.3) is 5.91 Å². The van der Waals surface area contributed by atoms with Gasteiger partial charge in [-0.1, -0.05) is 24.3 Å². The fraction of sp³-hybridized carbons (Fsp3) is 0.381. The van der Waals surface area contributed by atoms with Crippen LogP contribution in [0.2, 0.25) is 0 Å². The van der Waals surface area contributed by atoms with Crippen LogP contribution in [-0.4, -0.2) is 46.4 Å². The number of hydrogen-bond donors (Lipinski definition) is 1. The highest BCUT2D eigenvalue weighted by molar-refractivity contribution is 7.90. The second-order valence-electron chi connectivity index (χ2n) is 7.60. The second-order valence-corrected chi connectivity index (χ2v) is 11.6. The van der Waals surface area contributed by atoms with Crippen LogP contribution < -0.4 is 5.32 Å². The highest BCUT2D eigenvalue weighted by Gasteiger charge is 2.25. The van der Waals surface area contributed by atoms with Gasteiger partial charge in [0.1, 0.15) is 0 Å². The number of hydrogen-bond acceptors (Lipinski definition) is 5. The van der Waals surface area contributed by atoms with E-state index in [0.717, 1.165) is 24.7 Å². The number of carbonyl (C=O) groups excluding carboxylic acids is 1. The molecular weight excluding hydrogens is 424 g/mol. The van der Waals surface area contributed by atoms with Crippen molar-refractivity contribution in [1.82, 2.24) is 9.62 Å². The summed E-state index contributed by atoms with van der Waals surface area (Å²) in [5.41, 5.74) is 1.85. The molecule has 0 bridgehead atoms. The van der Waals surface area contributed by atoms with E-state index >= 15 is 0 Å². The van der Waals surface area contributed by atoms with Gasteiger partial charge in [-0.2, -0.15) is 0 Å². The first-order chi connectivity index (χ1) is 14.1. The lowest BCUT2D eigenvalue weighted by Gasteiger charge is -2.16. The van der Waals surface area contributed by atoms with Gasteiger partial charge in [0.2, 0.25) is 10.0 Å². The van der Waals surface area contributed by atoms with Crippen LogP contribution in [0.4, 0.5) is 0 Å². The van der Waals surface area contributed by atoms with Crippen LogP contribution in [-0.2, 0) is 25.6 Å². The predicted molar refractivity (Wildman–Crippen MR) is 115 cm³/mol. The van der Waals surface area contributed by atoms with Gasteiger partial charge in [-0.25, -0.2) is 21.1 Å². The molecule has 30 heavy (non-hydrogen) atoms. The molecule has 1 atom stereocenters. The highest BCUT2D eigenvalue weighted by Crippen LogP contribution is 2.19. The number of amides is 1. The molecule has 9 heteroatoms. The summed E-state index contributed by atoms with van der Waals surface area (Å²) in [5.74, 6) is -0.360. The lowest BCUT2D eigenvalue weighted by atomic mass is 10.1. The molecule has 0 saturated carbocycles. The average Bonchev–Trinajstić information content (AvgIpc) is 3.23. The molecule has 7 nitrogen and oxygen atoms in total. The van der Waals surface area contributed by atoms with Crippen LogP contribution in [0.25, 0.3) is 0 Å². The largest absolute Gasteiger partial charge is 0.346 e. The zero-order valence-corrected chi connectivity index (χ0v) is 18.7. The Kier molecular flexibility index (Phi) is 6.64. The molecule has 0 radical (unpaired) electrons. The van der Waals surface area contributed by atoms with Crippen LogP contribution >= 0.6 is 0 Å². The first kappa shape index (κ1) is 22.5. The Balaban J connectivity index is 1.63. The van der Waals surface area contributed by atoms with Gasteiger partial charge in [0.05, 0.1) is 16.7 Å². The molecule has 0 aliphatic carbocycles. The Morgan fingerprint density at radius 2 is 1.53 bits per heavy atom. The third kappa shape index (κ3) is 5.47. The Labute approximate surface area is 178 Å². The molecule has 0 unspecified atom stereocenters. The summed E-state index contributed by atoms with van der Waals surface area (Å²) in [7, 11) is -6.59. The summed E-state index contributed by atoms with van der Waals surface area (Å²) in [6, 6.07) is 12.6. The van der Waals surface area contributed by atoms with Crippen LogP contribution in [0, 0.1) is 0 Å². The Morgan fingerprint density at radius 3 is 2.07 bits per heavy atom. The van der Waals surface area contributed by atoms with E-state index in [2.05, 4.69) is 5.32 Å². The van der Waals surface area contributed by atoms with E-state index in [4.69, 9.17) is 0 Å². The quantitative estimate of drug-likeness (QED) is 0.699. The van der Waals surface area contributed by atoms with Crippen molar-refractivity contribution in [3.8, 4) is 0 Å². The van der Waals surface area contributed by atoms with E-state index in [1.807, 2.05) is 6.92 Å². The summed E-state index contributed by atoms with van der Waals surface area (Å²) < 4.78 is 49.5. The first-order valence-electron chi connectivity index (χ1n) is 9.74. The lowest BCUT2D eigenvalue weighted by molar-refractivity contribution is 0.0940.